The minimum Gasteiger partial charge on any atom is -0.505 e. The predicted molar refractivity (Wildman–Crippen MR) is 69.7 cm³/mol. The smallest absolute Gasteiger partial charge is 0.295 e. The van der Waals surface area contributed by atoms with E-state index in [-0.39, 0.29) is 16.5 Å². The average Bonchev–Trinajstić information content (AvgIpc) is 2.30. The van der Waals surface area contributed by atoms with Crippen molar-refractivity contribution < 1.29 is 31.0 Å². The molecule has 0 fully saturated rings. The third-order valence-electron chi connectivity index (χ3n) is 2.65. The van der Waals surface area contributed by atoms with E-state index in [0.29, 0.717) is 0 Å². The van der Waals surface area contributed by atoms with E-state index >= 15 is 0 Å². The van der Waals surface area contributed by atoms with Gasteiger partial charge in [-0.3, -0.25) is 9.11 Å². The Balaban J connectivity index is 3.04. The number of aromatic hydroxyl groups is 1. The summed E-state index contributed by atoms with van der Waals surface area (Å²) < 4.78 is 62.7. The lowest BCUT2D eigenvalue weighted by Gasteiger charge is -2.09. The summed E-state index contributed by atoms with van der Waals surface area (Å²) >= 11 is 0. The van der Waals surface area contributed by atoms with Crippen LogP contribution in [0.4, 0.5) is 5.69 Å². The molecule has 0 radical (unpaired) electrons. The van der Waals surface area contributed by atoms with Crippen molar-refractivity contribution in [1.82, 2.24) is 0 Å². The summed E-state index contributed by atoms with van der Waals surface area (Å²) in [5, 5.41) is 9.37. The van der Waals surface area contributed by atoms with Crippen molar-refractivity contribution >= 4 is 36.7 Å². The number of nitrogens with two attached hydrogens (primary N) is 1. The molecule has 0 bridgehead atoms. The highest BCUT2D eigenvalue weighted by Crippen LogP contribution is 2.36. The fourth-order valence-corrected chi connectivity index (χ4v) is 2.98. The van der Waals surface area contributed by atoms with Crippen molar-refractivity contribution in [3.05, 3.63) is 24.3 Å². The van der Waals surface area contributed by atoms with Gasteiger partial charge < -0.3 is 10.8 Å². The number of phenols is 1. The number of rotatable bonds is 2. The van der Waals surface area contributed by atoms with Crippen molar-refractivity contribution in [2.75, 3.05) is 5.73 Å². The Hall–Kier alpha value is -1.88. The maximum absolute atomic E-state index is 11.3. The third kappa shape index (κ3) is 2.41. The maximum Gasteiger partial charge on any atom is 0.295 e. The van der Waals surface area contributed by atoms with Gasteiger partial charge in [-0.15, -0.1) is 0 Å². The van der Waals surface area contributed by atoms with E-state index in [4.69, 9.17) is 14.8 Å². The van der Waals surface area contributed by atoms with Crippen LogP contribution in [0.5, 0.6) is 5.75 Å². The van der Waals surface area contributed by atoms with Crippen molar-refractivity contribution in [1.29, 1.82) is 0 Å². The molecule has 2 rings (SSSR count). The summed E-state index contributed by atoms with van der Waals surface area (Å²) in [7, 11) is -9.27. The molecule has 0 aliphatic heterocycles. The monoisotopic (exact) mass is 319 g/mol. The first-order chi connectivity index (χ1) is 9.01. The van der Waals surface area contributed by atoms with Crippen LogP contribution < -0.4 is 5.73 Å². The molecule has 108 valence electrons. The maximum atomic E-state index is 11.3. The van der Waals surface area contributed by atoms with Gasteiger partial charge in [0.25, 0.3) is 20.2 Å². The van der Waals surface area contributed by atoms with Crippen LogP contribution in [-0.4, -0.2) is 31.0 Å². The molecule has 10 heteroatoms. The second kappa shape index (κ2) is 4.31. The molecule has 0 atom stereocenters. The zero-order chi connectivity index (χ0) is 15.3. The fourth-order valence-electron chi connectivity index (χ4n) is 1.75. The van der Waals surface area contributed by atoms with Crippen molar-refractivity contribution in [3.63, 3.8) is 0 Å². The molecule has 0 aromatic heterocycles. The van der Waals surface area contributed by atoms with Gasteiger partial charge in [0.1, 0.15) is 10.6 Å². The molecule has 2 aromatic rings. The van der Waals surface area contributed by atoms with E-state index in [9.17, 15) is 21.9 Å². The topological polar surface area (TPSA) is 155 Å². The number of phenolic OH excluding ortho intramolecular Hbond substituents is 1. The summed E-state index contributed by atoms with van der Waals surface area (Å²) in [5.74, 6) is -0.464. The van der Waals surface area contributed by atoms with Crippen molar-refractivity contribution in [2.45, 2.75) is 9.79 Å². The van der Waals surface area contributed by atoms with Crippen LogP contribution in [-0.2, 0) is 20.2 Å². The second-order valence-electron chi connectivity index (χ2n) is 3.97. The number of fused-ring (bicyclic) bond motifs is 1. The lowest BCUT2D eigenvalue weighted by molar-refractivity contribution is 0.478. The standard InChI is InChI=1S/C10H9NO7S2/c11-8-4-9(20(16,17)18)7-3-5(19(13,14)15)1-2-6(7)10(8)12/h1-4,12H,11H2,(H,13,14,15)(H,16,17,18). The fraction of sp³-hybridized carbons (Fsp3) is 0. The first-order valence-corrected chi connectivity index (χ1v) is 7.90. The van der Waals surface area contributed by atoms with Crippen LogP contribution in [0.25, 0.3) is 10.8 Å². The third-order valence-corrected chi connectivity index (χ3v) is 4.39. The molecule has 0 spiro atoms. The van der Waals surface area contributed by atoms with E-state index in [1.807, 2.05) is 0 Å². The van der Waals surface area contributed by atoms with E-state index < -0.39 is 35.8 Å². The van der Waals surface area contributed by atoms with Gasteiger partial charge in [-0.1, -0.05) is 0 Å². The van der Waals surface area contributed by atoms with Gasteiger partial charge in [0, 0.05) is 10.8 Å². The van der Waals surface area contributed by atoms with Gasteiger partial charge in [-0.25, -0.2) is 0 Å². The molecule has 2 aromatic carbocycles. The number of hydrogen-bond acceptors (Lipinski definition) is 6. The largest absolute Gasteiger partial charge is 0.505 e. The Morgan fingerprint density at radius 3 is 2.00 bits per heavy atom. The van der Waals surface area contributed by atoms with E-state index in [0.717, 1.165) is 24.3 Å². The predicted octanol–water partition coefficient (Wildman–Crippen LogP) is 0.621. The lowest BCUT2D eigenvalue weighted by atomic mass is 10.1. The van der Waals surface area contributed by atoms with Crippen molar-refractivity contribution in [2.24, 2.45) is 0 Å². The molecule has 0 unspecified atom stereocenters. The van der Waals surface area contributed by atoms with Crippen LogP contribution >= 0.6 is 0 Å². The van der Waals surface area contributed by atoms with Gasteiger partial charge in [-0.2, -0.15) is 16.8 Å². The first-order valence-electron chi connectivity index (χ1n) is 5.02. The number of anilines is 1. The Morgan fingerprint density at radius 1 is 0.900 bits per heavy atom. The lowest BCUT2D eigenvalue weighted by Crippen LogP contribution is -2.03. The molecule has 5 N–H and O–H groups in total. The zero-order valence-electron chi connectivity index (χ0n) is 9.68. The SMILES string of the molecule is Nc1cc(S(=O)(=O)O)c2cc(S(=O)(=O)O)ccc2c1O. The molecule has 0 aliphatic carbocycles. The minimum atomic E-state index is -4.70. The average molecular weight is 319 g/mol. The molecule has 20 heavy (non-hydrogen) atoms. The summed E-state index contributed by atoms with van der Waals surface area (Å²) in [6.07, 6.45) is 0. The molecular formula is C10H9NO7S2. The van der Waals surface area contributed by atoms with Gasteiger partial charge in [0.05, 0.1) is 10.6 Å². The Labute approximate surface area is 114 Å². The van der Waals surface area contributed by atoms with E-state index in [1.165, 1.54) is 0 Å². The van der Waals surface area contributed by atoms with Crippen LogP contribution in [0.3, 0.4) is 0 Å². The highest BCUT2D eigenvalue weighted by atomic mass is 32.2. The summed E-state index contributed by atoms with van der Waals surface area (Å²) in [6.45, 7) is 0. The summed E-state index contributed by atoms with van der Waals surface area (Å²) in [6, 6.07) is 3.64. The molecule has 0 saturated carbocycles. The van der Waals surface area contributed by atoms with Gasteiger partial charge in [-0.05, 0) is 24.3 Å². The molecule has 0 heterocycles. The highest BCUT2D eigenvalue weighted by molar-refractivity contribution is 7.86. The van der Waals surface area contributed by atoms with Crippen LogP contribution in [0, 0.1) is 0 Å². The Morgan fingerprint density at radius 2 is 1.50 bits per heavy atom. The number of hydrogen-bond donors (Lipinski definition) is 4. The molecule has 8 nitrogen and oxygen atoms in total. The molecule has 0 aliphatic rings. The van der Waals surface area contributed by atoms with Crippen LogP contribution in [0.2, 0.25) is 0 Å². The number of nitrogen functional groups attached to an aromatic ring is 1. The number of benzene rings is 2. The van der Waals surface area contributed by atoms with Gasteiger partial charge >= 0.3 is 0 Å². The second-order valence-corrected chi connectivity index (χ2v) is 6.78. The first kappa shape index (κ1) is 14.5. The molecule has 0 amide bonds. The minimum absolute atomic E-state index is 0.0787. The zero-order valence-corrected chi connectivity index (χ0v) is 11.3. The Bertz CT molecular complexity index is 916. The molecular weight excluding hydrogens is 310 g/mol. The summed E-state index contributed by atoms with van der Waals surface area (Å²) in [4.78, 5) is -1.26. The van der Waals surface area contributed by atoms with Crippen LogP contribution in [0.1, 0.15) is 0 Å². The summed E-state index contributed by atoms with van der Waals surface area (Å²) in [5.41, 5.74) is 5.11. The van der Waals surface area contributed by atoms with Gasteiger partial charge in [0.2, 0.25) is 0 Å². The highest BCUT2D eigenvalue weighted by Gasteiger charge is 2.20. The van der Waals surface area contributed by atoms with Gasteiger partial charge in [0.15, 0.2) is 0 Å². The normalized spacial score (nSPS) is 12.7. The molecule has 0 saturated heterocycles. The van der Waals surface area contributed by atoms with Crippen molar-refractivity contribution in [3.8, 4) is 5.75 Å². The van der Waals surface area contributed by atoms with Crippen LogP contribution in [0.15, 0.2) is 34.1 Å². The van der Waals surface area contributed by atoms with E-state index in [2.05, 4.69) is 0 Å². The Kier molecular flexibility index (Phi) is 3.13. The van der Waals surface area contributed by atoms with E-state index in [1.54, 1.807) is 0 Å². The quantitative estimate of drug-likeness (QED) is 0.356.